The largest absolute Gasteiger partial charge is 0.448 e. The summed E-state index contributed by atoms with van der Waals surface area (Å²) in [7, 11) is 0. The molecule has 56 heavy (non-hydrogen) atoms. The molecule has 1 heterocycles. The van der Waals surface area contributed by atoms with Crippen molar-refractivity contribution < 1.29 is 29.3 Å². The maximum atomic E-state index is 15.5. The highest BCUT2D eigenvalue weighted by Gasteiger charge is 2.76. The molecule has 1 aromatic rings. The highest BCUT2D eigenvalue weighted by atomic mass is 16.6. The van der Waals surface area contributed by atoms with Gasteiger partial charge in [0.1, 0.15) is 0 Å². The predicted molar refractivity (Wildman–Crippen MR) is 219 cm³/mol. The first-order valence-corrected chi connectivity index (χ1v) is 22.6. The molecular weight excluding hydrogens is 699 g/mol. The van der Waals surface area contributed by atoms with E-state index in [0.717, 1.165) is 74.0 Å². The van der Waals surface area contributed by atoms with Crippen molar-refractivity contribution in [2.45, 2.75) is 181 Å². The molecule has 7 fully saturated rings. The number of rotatable bonds is 7. The molecule has 0 aromatic heterocycles. The fourth-order valence-electron chi connectivity index (χ4n) is 13.8. The minimum absolute atomic E-state index is 0.00599. The van der Waals surface area contributed by atoms with Gasteiger partial charge in [0.15, 0.2) is 11.4 Å². The smallest absolute Gasteiger partial charge is 0.313 e. The normalized spacial score (nSPS) is 40.3. The van der Waals surface area contributed by atoms with E-state index < -0.39 is 33.6 Å². The fourth-order valence-corrected chi connectivity index (χ4v) is 13.8. The third-order valence-corrected chi connectivity index (χ3v) is 18.5. The lowest BCUT2D eigenvalue weighted by molar-refractivity contribution is -0.181. The van der Waals surface area contributed by atoms with E-state index in [9.17, 15) is 19.8 Å². The van der Waals surface area contributed by atoms with Gasteiger partial charge in [-0.25, -0.2) is 0 Å². The lowest BCUT2D eigenvalue weighted by Gasteiger charge is -2.61. The fraction of sp³-hybridized carbons (Fsp3) is 0.776. The van der Waals surface area contributed by atoms with Gasteiger partial charge in [0.2, 0.25) is 0 Å². The Morgan fingerprint density at radius 2 is 1.66 bits per heavy atom. The Morgan fingerprint density at radius 1 is 0.911 bits per heavy atom. The molecule has 8 aliphatic carbocycles. The van der Waals surface area contributed by atoms with Crippen LogP contribution in [0.1, 0.15) is 179 Å². The molecule has 7 heteroatoms. The van der Waals surface area contributed by atoms with E-state index in [1.807, 2.05) is 25.7 Å². The van der Waals surface area contributed by atoms with Gasteiger partial charge in [0, 0.05) is 28.9 Å². The summed E-state index contributed by atoms with van der Waals surface area (Å²) in [5, 5.41) is 24.6. The van der Waals surface area contributed by atoms with Crippen LogP contribution in [0.3, 0.4) is 0 Å². The average Bonchev–Trinajstić information content (AvgIpc) is 3.60. The maximum absolute atomic E-state index is 15.5. The number of carbonyl (C=O) groups excluding carboxylic acids is 3. The zero-order valence-corrected chi connectivity index (χ0v) is 35.7. The number of carbonyl (C=O) groups is 3. The van der Waals surface area contributed by atoms with E-state index in [1.54, 1.807) is 0 Å². The van der Waals surface area contributed by atoms with Crippen LogP contribution in [0.15, 0.2) is 29.8 Å². The van der Waals surface area contributed by atoms with E-state index in [-0.39, 0.29) is 41.5 Å². The standard InChI is InChI=1S/C49H71NO6/c1-31-12-11-22-46(6)39(37-20-16-32(26-36(51)19-15-31)27-38(37)41(52)33-13-9-8-10-14-33)21-23-48(46,55)30-50(29-34-17-18-35-28-40(34)44(35,2)3)42(53)49-25-24-47(7,43(54)56-49)45(49,4)5/h12,16,20,27,33-36,39-40,51,55H,8-11,13-15,17-19,21-26,28-30H2,1-7H3. The summed E-state index contributed by atoms with van der Waals surface area (Å²) in [4.78, 5) is 45.6. The summed E-state index contributed by atoms with van der Waals surface area (Å²) in [5.74, 6) is 1.34. The number of hydrogen-bond donors (Lipinski definition) is 2. The molecule has 308 valence electrons. The molecule has 1 amide bonds. The highest BCUT2D eigenvalue weighted by molar-refractivity contribution is 6.00. The van der Waals surface area contributed by atoms with Crippen LogP contribution in [0.4, 0.5) is 0 Å². The van der Waals surface area contributed by atoms with Gasteiger partial charge in [-0.05, 0) is 150 Å². The number of esters is 1. The van der Waals surface area contributed by atoms with Crippen LogP contribution in [-0.2, 0) is 20.7 Å². The molecule has 1 aliphatic heterocycles. The van der Waals surface area contributed by atoms with Crippen LogP contribution in [0.5, 0.6) is 0 Å². The van der Waals surface area contributed by atoms with Crippen molar-refractivity contribution in [1.29, 1.82) is 0 Å². The molecule has 2 N–H and O–H groups in total. The number of aliphatic hydroxyl groups excluding tert-OH is 1. The summed E-state index contributed by atoms with van der Waals surface area (Å²) < 4.78 is 6.28. The van der Waals surface area contributed by atoms with Gasteiger partial charge >= 0.3 is 5.97 Å². The number of ether oxygens (including phenoxy) is 1. The second kappa shape index (κ2) is 14.1. The molecule has 0 radical (unpaired) electrons. The number of hydrogen-bond acceptors (Lipinski definition) is 6. The van der Waals surface area contributed by atoms with Crippen LogP contribution < -0.4 is 0 Å². The van der Waals surface area contributed by atoms with Gasteiger partial charge in [-0.1, -0.05) is 77.7 Å². The van der Waals surface area contributed by atoms with E-state index in [1.165, 1.54) is 24.8 Å². The van der Waals surface area contributed by atoms with Gasteiger partial charge in [0.25, 0.3) is 5.91 Å². The predicted octanol–water partition coefficient (Wildman–Crippen LogP) is 9.51. The molecule has 7 nitrogen and oxygen atoms in total. The van der Waals surface area contributed by atoms with Gasteiger partial charge in [0.05, 0.1) is 23.7 Å². The summed E-state index contributed by atoms with van der Waals surface area (Å²) in [6.45, 7) is 16.0. The first kappa shape index (κ1) is 40.3. The lowest BCUT2D eigenvalue weighted by atomic mass is 9.45. The van der Waals surface area contributed by atoms with Crippen LogP contribution >= 0.6 is 0 Å². The Bertz CT molecular complexity index is 1770. The summed E-state index contributed by atoms with van der Waals surface area (Å²) >= 11 is 0. The Kier molecular flexibility index (Phi) is 10.1. The molecule has 1 saturated heterocycles. The highest BCUT2D eigenvalue weighted by Crippen LogP contribution is 2.67. The van der Waals surface area contributed by atoms with Crippen LogP contribution in [-0.4, -0.2) is 63.2 Å². The second-order valence-electron chi connectivity index (χ2n) is 21.7. The zero-order valence-electron chi connectivity index (χ0n) is 35.7. The molecule has 9 unspecified atom stereocenters. The average molecular weight is 770 g/mol. The number of benzene rings is 1. The van der Waals surface area contributed by atoms with Gasteiger partial charge in [-0.3, -0.25) is 14.4 Å². The number of nitrogens with zero attached hydrogens (tertiary/aromatic N) is 1. The Hall–Kier alpha value is -2.51. The van der Waals surface area contributed by atoms with Crippen molar-refractivity contribution in [2.75, 3.05) is 13.1 Å². The van der Waals surface area contributed by atoms with Crippen molar-refractivity contribution in [1.82, 2.24) is 4.90 Å². The molecule has 0 spiro atoms. The summed E-state index contributed by atoms with van der Waals surface area (Å²) in [6.07, 6.45) is 16.2. The SMILES string of the molecule is CC1=CCCC2(C)C(CCC2(O)CN(CC2CCC3CC2C3(C)C)C(=O)C23CCC(C)(C(=O)O2)C3(C)C)c2ccc(cc2C(=O)C2CCCCC2)CC(O)CC1. The van der Waals surface area contributed by atoms with Crippen LogP contribution in [0.25, 0.3) is 0 Å². The third-order valence-electron chi connectivity index (χ3n) is 18.5. The van der Waals surface area contributed by atoms with E-state index in [4.69, 9.17) is 4.74 Å². The molecular formula is C49H71NO6. The number of amides is 1. The first-order valence-electron chi connectivity index (χ1n) is 22.6. The van der Waals surface area contributed by atoms with Crippen molar-refractivity contribution in [3.8, 4) is 0 Å². The third kappa shape index (κ3) is 6.03. The van der Waals surface area contributed by atoms with E-state index in [0.29, 0.717) is 56.9 Å². The number of Topliss-reactive ketones (excluding diaryl/α,β-unsaturated/α-hetero) is 1. The van der Waals surface area contributed by atoms with Gasteiger partial charge in [-0.2, -0.15) is 0 Å². The van der Waals surface area contributed by atoms with Crippen molar-refractivity contribution in [2.24, 2.45) is 45.3 Å². The van der Waals surface area contributed by atoms with Crippen LogP contribution in [0.2, 0.25) is 0 Å². The summed E-state index contributed by atoms with van der Waals surface area (Å²) in [5.41, 5.74) is -0.237. The summed E-state index contributed by atoms with van der Waals surface area (Å²) in [6, 6.07) is 6.35. The van der Waals surface area contributed by atoms with Crippen LogP contribution in [0, 0.1) is 45.3 Å². The number of fused-ring (bicyclic) bond motifs is 12. The molecule has 6 bridgehead atoms. The van der Waals surface area contributed by atoms with E-state index >= 15 is 4.79 Å². The van der Waals surface area contributed by atoms with Crippen molar-refractivity contribution in [3.63, 3.8) is 0 Å². The molecule has 1 aromatic carbocycles. The number of ketones is 1. The van der Waals surface area contributed by atoms with E-state index in [2.05, 4.69) is 52.0 Å². The molecule has 6 saturated carbocycles. The zero-order chi connectivity index (χ0) is 40.1. The topological polar surface area (TPSA) is 104 Å². The second-order valence-corrected chi connectivity index (χ2v) is 21.7. The minimum atomic E-state index is -1.25. The Morgan fingerprint density at radius 3 is 2.32 bits per heavy atom. The Labute approximate surface area is 336 Å². The first-order chi connectivity index (χ1) is 26.4. The number of allylic oxidation sites excluding steroid dienone is 2. The molecule has 9 aliphatic rings. The van der Waals surface area contributed by atoms with Gasteiger partial charge < -0.3 is 19.8 Å². The van der Waals surface area contributed by atoms with Crippen molar-refractivity contribution >= 4 is 17.7 Å². The minimum Gasteiger partial charge on any atom is -0.448 e. The maximum Gasteiger partial charge on any atom is 0.313 e. The molecule has 9 atom stereocenters. The number of aliphatic hydroxyl groups is 2. The Balaban J connectivity index is 1.20. The monoisotopic (exact) mass is 770 g/mol. The lowest BCUT2D eigenvalue weighted by Crippen LogP contribution is -2.62. The van der Waals surface area contributed by atoms with Crippen molar-refractivity contribution in [3.05, 3.63) is 46.5 Å². The molecule has 10 rings (SSSR count). The van der Waals surface area contributed by atoms with Gasteiger partial charge in [-0.15, -0.1) is 0 Å². The quantitative estimate of drug-likeness (QED) is 0.163.